The molecule has 7 heteroatoms. The fourth-order valence-corrected chi connectivity index (χ4v) is 6.29. The minimum Gasteiger partial charge on any atom is -0.426 e. The lowest BCUT2D eigenvalue weighted by Crippen LogP contribution is -2.33. The molecule has 0 aromatic heterocycles. The Balaban J connectivity index is 1.15. The van der Waals surface area contributed by atoms with Crippen LogP contribution in [0.2, 0.25) is 0 Å². The molecule has 5 atom stereocenters. The summed E-state index contributed by atoms with van der Waals surface area (Å²) >= 11 is 0. The van der Waals surface area contributed by atoms with Crippen molar-refractivity contribution in [3.8, 4) is 5.75 Å². The average molecular weight is 485 g/mol. The maximum Gasteiger partial charge on any atom is 0.316 e. The van der Waals surface area contributed by atoms with Crippen LogP contribution >= 0.6 is 0 Å². The van der Waals surface area contributed by atoms with Gasteiger partial charge in [-0.3, -0.25) is 19.2 Å². The van der Waals surface area contributed by atoms with Crippen LogP contribution < -0.4 is 14.5 Å². The zero-order valence-electron chi connectivity index (χ0n) is 20.6. The van der Waals surface area contributed by atoms with E-state index < -0.39 is 11.9 Å². The van der Waals surface area contributed by atoms with Crippen molar-refractivity contribution in [3.63, 3.8) is 0 Å². The molecule has 4 aliphatic rings. The van der Waals surface area contributed by atoms with Gasteiger partial charge in [-0.1, -0.05) is 18.2 Å². The summed E-state index contributed by atoms with van der Waals surface area (Å²) in [6.07, 6.45) is 5.13. The minimum atomic E-state index is -0.567. The van der Waals surface area contributed by atoms with E-state index in [2.05, 4.69) is 12.2 Å². The van der Waals surface area contributed by atoms with Crippen molar-refractivity contribution >= 4 is 35.1 Å². The molecule has 0 spiro atoms. The number of esters is 1. The van der Waals surface area contributed by atoms with Gasteiger partial charge in [0.25, 0.3) is 0 Å². The lowest BCUT2D eigenvalue weighted by atomic mass is 9.85. The highest BCUT2D eigenvalue weighted by atomic mass is 16.5. The van der Waals surface area contributed by atoms with Crippen LogP contribution in [0.15, 0.2) is 48.6 Å². The van der Waals surface area contributed by atoms with Crippen LogP contribution in [-0.4, -0.2) is 30.2 Å². The predicted molar refractivity (Wildman–Crippen MR) is 133 cm³/mol. The third-order valence-electron chi connectivity index (χ3n) is 8.36. The lowest BCUT2D eigenvalue weighted by Gasteiger charge is -2.20. The molecule has 0 unspecified atom stereocenters. The topological polar surface area (TPSA) is 84.0 Å². The lowest BCUT2D eigenvalue weighted by molar-refractivity contribution is -0.139. The maximum absolute atomic E-state index is 13.1. The average Bonchev–Trinajstić information content (AvgIpc) is 3.60. The molecule has 2 aliphatic carbocycles. The number of carbonyl (C=O) groups is 4. The highest BCUT2D eigenvalue weighted by Crippen LogP contribution is 2.53. The van der Waals surface area contributed by atoms with Crippen molar-refractivity contribution < 1.29 is 23.9 Å². The summed E-state index contributed by atoms with van der Waals surface area (Å²) in [7, 11) is 0. The third kappa shape index (κ3) is 3.40. The molecule has 1 saturated carbocycles. The van der Waals surface area contributed by atoms with Crippen LogP contribution in [0, 0.1) is 50.4 Å². The highest BCUT2D eigenvalue weighted by molar-refractivity contribution is 6.23. The molecule has 2 aliphatic heterocycles. The van der Waals surface area contributed by atoms with Crippen LogP contribution in [0.25, 0.3) is 0 Å². The number of carbonyl (C=O) groups excluding carboxylic acids is 4. The van der Waals surface area contributed by atoms with Crippen LogP contribution in [0.4, 0.5) is 11.4 Å². The molecule has 184 valence electrons. The van der Waals surface area contributed by atoms with Crippen molar-refractivity contribution in [2.45, 2.75) is 33.6 Å². The van der Waals surface area contributed by atoms with Gasteiger partial charge in [0, 0.05) is 18.7 Å². The number of amides is 3. The molecular weight excluding hydrogens is 456 g/mol. The molecule has 2 bridgehead atoms. The molecule has 3 fully saturated rings. The van der Waals surface area contributed by atoms with Gasteiger partial charge >= 0.3 is 5.97 Å². The summed E-state index contributed by atoms with van der Waals surface area (Å²) in [6.45, 7) is 6.08. The molecule has 2 heterocycles. The number of rotatable bonds is 4. The van der Waals surface area contributed by atoms with E-state index in [9.17, 15) is 19.2 Å². The van der Waals surface area contributed by atoms with E-state index in [4.69, 9.17) is 4.74 Å². The van der Waals surface area contributed by atoms with E-state index >= 15 is 0 Å². The molecule has 7 nitrogen and oxygen atoms in total. The van der Waals surface area contributed by atoms with Gasteiger partial charge in [-0.2, -0.15) is 0 Å². The van der Waals surface area contributed by atoms with Crippen LogP contribution in [0.1, 0.15) is 29.5 Å². The SMILES string of the molecule is Cc1ccc(N2C[C@H](C(=O)Oc3ccc(N4C(=O)[C@@H]5[C@@H](C4=O)[C@H]4C=C[C@H]5C4)c(C)c3)CC2=O)cc1C. The second kappa shape index (κ2) is 8.15. The standard InChI is InChI=1S/C29H28N2O5/c1-15-4-7-21(10-16(15)2)30-14-20(13-24(30)32)29(35)36-22-8-9-23(17(3)11-22)31-27(33)25-18-5-6-19(12-18)26(25)28(31)34/h4-11,18-20,25-26H,12-14H2,1-3H3/t18-,19-,20+,25-,26-/m0/s1. The van der Waals surface area contributed by atoms with Crippen molar-refractivity contribution in [2.75, 3.05) is 16.3 Å². The second-order valence-corrected chi connectivity index (χ2v) is 10.6. The third-order valence-corrected chi connectivity index (χ3v) is 8.36. The van der Waals surface area contributed by atoms with Gasteiger partial charge in [0.15, 0.2) is 0 Å². The van der Waals surface area contributed by atoms with Crippen molar-refractivity contribution in [3.05, 3.63) is 65.2 Å². The number of aryl methyl sites for hydroxylation is 3. The summed E-state index contributed by atoms with van der Waals surface area (Å²) in [5.74, 6) is -1.29. The van der Waals surface area contributed by atoms with E-state index in [0.29, 0.717) is 17.0 Å². The number of anilines is 2. The Morgan fingerprint density at radius 1 is 0.861 bits per heavy atom. The summed E-state index contributed by atoms with van der Waals surface area (Å²) in [5, 5.41) is 0. The largest absolute Gasteiger partial charge is 0.426 e. The van der Waals surface area contributed by atoms with Crippen molar-refractivity contribution in [1.82, 2.24) is 0 Å². The summed E-state index contributed by atoms with van der Waals surface area (Å²) < 4.78 is 5.63. The van der Waals surface area contributed by atoms with Gasteiger partial charge < -0.3 is 9.64 Å². The van der Waals surface area contributed by atoms with Crippen LogP contribution in [-0.2, 0) is 19.2 Å². The number of hydrogen-bond acceptors (Lipinski definition) is 5. The van der Waals surface area contributed by atoms with Gasteiger partial charge in [-0.05, 0) is 86.1 Å². The number of fused-ring (bicyclic) bond motifs is 5. The minimum absolute atomic E-state index is 0.0960. The van der Waals surface area contributed by atoms with E-state index in [1.807, 2.05) is 32.0 Å². The zero-order valence-corrected chi connectivity index (χ0v) is 20.6. The Kier molecular flexibility index (Phi) is 5.14. The molecule has 2 saturated heterocycles. The monoisotopic (exact) mass is 484 g/mol. The number of benzene rings is 2. The smallest absolute Gasteiger partial charge is 0.316 e. The molecule has 3 amide bonds. The van der Waals surface area contributed by atoms with Crippen LogP contribution in [0.5, 0.6) is 5.75 Å². The Hall–Kier alpha value is -3.74. The van der Waals surface area contributed by atoms with E-state index in [-0.39, 0.29) is 54.4 Å². The van der Waals surface area contributed by atoms with Gasteiger partial charge in [0.05, 0.1) is 23.4 Å². The first-order valence-electron chi connectivity index (χ1n) is 12.5. The van der Waals surface area contributed by atoms with E-state index in [1.165, 1.54) is 4.90 Å². The molecule has 2 aromatic carbocycles. The molecule has 6 rings (SSSR count). The number of imide groups is 1. The summed E-state index contributed by atoms with van der Waals surface area (Å²) in [5.41, 5.74) is 4.23. The fraction of sp³-hybridized carbons (Fsp3) is 0.379. The van der Waals surface area contributed by atoms with Crippen molar-refractivity contribution in [2.24, 2.45) is 29.6 Å². The Morgan fingerprint density at radius 2 is 1.56 bits per heavy atom. The van der Waals surface area contributed by atoms with Gasteiger partial charge in [-0.25, -0.2) is 4.90 Å². The molecule has 0 radical (unpaired) electrons. The van der Waals surface area contributed by atoms with Gasteiger partial charge in [0.1, 0.15) is 5.75 Å². The number of hydrogen-bond donors (Lipinski definition) is 0. The van der Waals surface area contributed by atoms with Crippen molar-refractivity contribution in [1.29, 1.82) is 0 Å². The normalized spacial score (nSPS) is 28.4. The Morgan fingerprint density at radius 3 is 2.19 bits per heavy atom. The number of nitrogens with zero attached hydrogens (tertiary/aromatic N) is 2. The van der Waals surface area contributed by atoms with Gasteiger partial charge in [0.2, 0.25) is 17.7 Å². The summed E-state index contributed by atoms with van der Waals surface area (Å²) in [4.78, 5) is 54.8. The molecule has 36 heavy (non-hydrogen) atoms. The molecule has 0 N–H and O–H groups in total. The number of allylic oxidation sites excluding steroid dienone is 2. The summed E-state index contributed by atoms with van der Waals surface area (Å²) in [6, 6.07) is 10.8. The van der Waals surface area contributed by atoms with E-state index in [0.717, 1.165) is 23.2 Å². The predicted octanol–water partition coefficient (Wildman–Crippen LogP) is 3.88. The van der Waals surface area contributed by atoms with Gasteiger partial charge in [-0.15, -0.1) is 0 Å². The van der Waals surface area contributed by atoms with E-state index in [1.54, 1.807) is 30.0 Å². The van der Waals surface area contributed by atoms with Crippen LogP contribution in [0.3, 0.4) is 0 Å². The first-order chi connectivity index (χ1) is 17.2. The first kappa shape index (κ1) is 22.7. The first-order valence-corrected chi connectivity index (χ1v) is 12.5. The molecular formula is C29H28N2O5. The maximum atomic E-state index is 13.1. The highest BCUT2D eigenvalue weighted by Gasteiger charge is 2.59. The fourth-order valence-electron chi connectivity index (χ4n) is 6.29. The molecule has 2 aromatic rings. The quantitative estimate of drug-likeness (QED) is 0.285. The Labute approximate surface area is 209 Å². The second-order valence-electron chi connectivity index (χ2n) is 10.6. The number of ether oxygens (including phenoxy) is 1. The zero-order chi connectivity index (χ0) is 25.3. The Bertz CT molecular complexity index is 1330.